The standard InChI is InChI=1S/C18H26N4O2/c1-20(2)18-16-7-5-9-21(16)13-15(19-18)14-6-4-10-22(12-14)17(23)8-11-24-3/h5,7,9,13-14H,4,6,8,10-12H2,1-3H3. The van der Waals surface area contributed by atoms with E-state index in [-0.39, 0.29) is 11.8 Å². The number of carbonyl (C=O) groups is 1. The molecule has 1 fully saturated rings. The Morgan fingerprint density at radius 3 is 3.04 bits per heavy atom. The minimum atomic E-state index is 0.177. The molecule has 3 heterocycles. The third-order valence-corrected chi connectivity index (χ3v) is 4.65. The van der Waals surface area contributed by atoms with Crippen molar-refractivity contribution < 1.29 is 9.53 Å². The average Bonchev–Trinajstić information content (AvgIpc) is 3.07. The molecule has 24 heavy (non-hydrogen) atoms. The average molecular weight is 330 g/mol. The van der Waals surface area contributed by atoms with E-state index >= 15 is 0 Å². The van der Waals surface area contributed by atoms with Crippen LogP contribution in [0.25, 0.3) is 5.52 Å². The van der Waals surface area contributed by atoms with Crippen LogP contribution < -0.4 is 4.90 Å². The topological polar surface area (TPSA) is 50.1 Å². The van der Waals surface area contributed by atoms with Gasteiger partial charge in [0.15, 0.2) is 5.82 Å². The second-order valence-corrected chi connectivity index (χ2v) is 6.61. The molecule has 0 aliphatic carbocycles. The molecule has 0 aromatic carbocycles. The van der Waals surface area contributed by atoms with Crippen LogP contribution in [-0.4, -0.2) is 61.1 Å². The summed E-state index contributed by atoms with van der Waals surface area (Å²) in [5.41, 5.74) is 2.17. The van der Waals surface area contributed by atoms with Crippen molar-refractivity contribution in [3.63, 3.8) is 0 Å². The summed E-state index contributed by atoms with van der Waals surface area (Å²) >= 11 is 0. The number of likely N-dealkylation sites (tertiary alicyclic amines) is 1. The summed E-state index contributed by atoms with van der Waals surface area (Å²) in [6.45, 7) is 2.07. The number of fused-ring (bicyclic) bond motifs is 1. The fourth-order valence-corrected chi connectivity index (χ4v) is 3.37. The van der Waals surface area contributed by atoms with Gasteiger partial charge in [-0.2, -0.15) is 0 Å². The van der Waals surface area contributed by atoms with Gasteiger partial charge in [0.05, 0.1) is 24.2 Å². The summed E-state index contributed by atoms with van der Waals surface area (Å²) in [5, 5.41) is 0. The number of ether oxygens (including phenoxy) is 1. The lowest BCUT2D eigenvalue weighted by Gasteiger charge is -2.33. The zero-order chi connectivity index (χ0) is 17.1. The minimum absolute atomic E-state index is 0.177. The molecule has 1 atom stereocenters. The van der Waals surface area contributed by atoms with E-state index in [0.29, 0.717) is 13.0 Å². The van der Waals surface area contributed by atoms with Crippen LogP contribution >= 0.6 is 0 Å². The molecule has 6 heteroatoms. The van der Waals surface area contributed by atoms with Crippen molar-refractivity contribution in [2.75, 3.05) is 45.8 Å². The number of anilines is 1. The highest BCUT2D eigenvalue weighted by Crippen LogP contribution is 2.29. The van der Waals surface area contributed by atoms with Crippen LogP contribution in [0.15, 0.2) is 24.5 Å². The zero-order valence-electron chi connectivity index (χ0n) is 14.7. The number of aromatic nitrogens is 2. The molecule has 2 aromatic heterocycles. The molecule has 1 aliphatic heterocycles. The van der Waals surface area contributed by atoms with Crippen molar-refractivity contribution >= 4 is 17.2 Å². The summed E-state index contributed by atoms with van der Waals surface area (Å²) in [6.07, 6.45) is 6.71. The first kappa shape index (κ1) is 16.8. The predicted molar refractivity (Wildman–Crippen MR) is 94.6 cm³/mol. The molecular weight excluding hydrogens is 304 g/mol. The quantitative estimate of drug-likeness (QED) is 0.843. The molecule has 0 N–H and O–H groups in total. The van der Waals surface area contributed by atoms with Crippen molar-refractivity contribution in [2.45, 2.75) is 25.2 Å². The van der Waals surface area contributed by atoms with Gasteiger partial charge >= 0.3 is 0 Å². The number of hydrogen-bond acceptors (Lipinski definition) is 4. The molecule has 6 nitrogen and oxygen atoms in total. The lowest BCUT2D eigenvalue weighted by Crippen LogP contribution is -2.39. The number of piperidine rings is 1. The Morgan fingerprint density at radius 2 is 2.29 bits per heavy atom. The Labute approximate surface area is 143 Å². The number of amides is 1. The van der Waals surface area contributed by atoms with Gasteiger partial charge in [0, 0.05) is 52.6 Å². The van der Waals surface area contributed by atoms with Crippen molar-refractivity contribution in [2.24, 2.45) is 0 Å². The van der Waals surface area contributed by atoms with Crippen LogP contribution in [0.1, 0.15) is 30.9 Å². The molecule has 0 saturated carbocycles. The minimum Gasteiger partial charge on any atom is -0.384 e. The highest BCUT2D eigenvalue weighted by Gasteiger charge is 2.26. The van der Waals surface area contributed by atoms with Gasteiger partial charge in [-0.3, -0.25) is 4.79 Å². The third kappa shape index (κ3) is 3.38. The SMILES string of the molecule is COCCC(=O)N1CCCC(c2cn3cccc3c(N(C)C)n2)C1. The number of hydrogen-bond donors (Lipinski definition) is 0. The molecule has 2 aromatic rings. The van der Waals surface area contributed by atoms with E-state index < -0.39 is 0 Å². The second kappa shape index (κ2) is 7.21. The van der Waals surface area contributed by atoms with Gasteiger partial charge in [0.2, 0.25) is 5.91 Å². The predicted octanol–water partition coefficient (Wildman–Crippen LogP) is 2.14. The van der Waals surface area contributed by atoms with Gasteiger partial charge in [-0.15, -0.1) is 0 Å². The number of rotatable bonds is 5. The van der Waals surface area contributed by atoms with Gasteiger partial charge in [-0.1, -0.05) is 0 Å². The van der Waals surface area contributed by atoms with E-state index in [1.54, 1.807) is 7.11 Å². The molecular formula is C18H26N4O2. The summed E-state index contributed by atoms with van der Waals surface area (Å²) in [7, 11) is 5.66. The van der Waals surface area contributed by atoms with Crippen LogP contribution in [0.5, 0.6) is 0 Å². The van der Waals surface area contributed by atoms with E-state index in [1.165, 1.54) is 0 Å². The number of nitrogens with zero attached hydrogens (tertiary/aromatic N) is 4. The van der Waals surface area contributed by atoms with Gasteiger partial charge < -0.3 is 18.9 Å². The Kier molecular flexibility index (Phi) is 5.04. The Hall–Kier alpha value is -2.08. The Morgan fingerprint density at radius 1 is 1.46 bits per heavy atom. The highest BCUT2D eigenvalue weighted by atomic mass is 16.5. The van der Waals surface area contributed by atoms with Crippen LogP contribution in [0, 0.1) is 0 Å². The Bertz CT molecular complexity index is 710. The van der Waals surface area contributed by atoms with Crippen LogP contribution in [0.3, 0.4) is 0 Å². The van der Waals surface area contributed by atoms with E-state index in [0.717, 1.165) is 43.0 Å². The summed E-state index contributed by atoms with van der Waals surface area (Å²) < 4.78 is 7.16. The number of carbonyl (C=O) groups excluding carboxylic acids is 1. The summed E-state index contributed by atoms with van der Waals surface area (Å²) in [6, 6.07) is 4.11. The Balaban J connectivity index is 1.83. The maximum atomic E-state index is 12.3. The smallest absolute Gasteiger partial charge is 0.224 e. The third-order valence-electron chi connectivity index (χ3n) is 4.65. The molecule has 0 bridgehead atoms. The second-order valence-electron chi connectivity index (χ2n) is 6.61. The van der Waals surface area contributed by atoms with Gasteiger partial charge in [-0.25, -0.2) is 4.98 Å². The van der Waals surface area contributed by atoms with Crippen molar-refractivity contribution in [3.05, 3.63) is 30.2 Å². The maximum Gasteiger partial charge on any atom is 0.224 e. The zero-order valence-corrected chi connectivity index (χ0v) is 14.7. The molecule has 0 spiro atoms. The summed E-state index contributed by atoms with van der Waals surface area (Å²) in [5.74, 6) is 1.44. The van der Waals surface area contributed by atoms with Gasteiger partial charge in [-0.05, 0) is 25.0 Å². The molecule has 0 radical (unpaired) electrons. The fraction of sp³-hybridized carbons (Fsp3) is 0.556. The number of methoxy groups -OCH3 is 1. The first-order valence-electron chi connectivity index (χ1n) is 8.52. The molecule has 1 amide bonds. The van der Waals surface area contributed by atoms with Gasteiger partial charge in [0.25, 0.3) is 0 Å². The van der Waals surface area contributed by atoms with Gasteiger partial charge in [0.1, 0.15) is 0 Å². The highest BCUT2D eigenvalue weighted by molar-refractivity contribution is 5.76. The summed E-state index contributed by atoms with van der Waals surface area (Å²) in [4.78, 5) is 21.2. The molecule has 1 saturated heterocycles. The fourth-order valence-electron chi connectivity index (χ4n) is 3.37. The normalized spacial score (nSPS) is 18.1. The van der Waals surface area contributed by atoms with E-state index in [1.807, 2.05) is 30.0 Å². The van der Waals surface area contributed by atoms with Crippen molar-refractivity contribution in [1.29, 1.82) is 0 Å². The van der Waals surface area contributed by atoms with Crippen LogP contribution in [-0.2, 0) is 9.53 Å². The largest absolute Gasteiger partial charge is 0.384 e. The van der Waals surface area contributed by atoms with E-state index in [9.17, 15) is 4.79 Å². The molecule has 130 valence electrons. The molecule has 1 unspecified atom stereocenters. The molecule has 3 rings (SSSR count). The molecule has 1 aliphatic rings. The van der Waals surface area contributed by atoms with Crippen LogP contribution in [0.2, 0.25) is 0 Å². The monoisotopic (exact) mass is 330 g/mol. The lowest BCUT2D eigenvalue weighted by atomic mass is 9.94. The van der Waals surface area contributed by atoms with Crippen molar-refractivity contribution in [1.82, 2.24) is 14.3 Å². The van der Waals surface area contributed by atoms with E-state index in [4.69, 9.17) is 9.72 Å². The van der Waals surface area contributed by atoms with Crippen molar-refractivity contribution in [3.8, 4) is 0 Å². The van der Waals surface area contributed by atoms with E-state index in [2.05, 4.69) is 22.9 Å². The first-order chi connectivity index (χ1) is 11.6. The lowest BCUT2D eigenvalue weighted by molar-refractivity contribution is -0.133. The maximum absolute atomic E-state index is 12.3. The van der Waals surface area contributed by atoms with Crippen LogP contribution in [0.4, 0.5) is 5.82 Å². The first-order valence-corrected chi connectivity index (χ1v) is 8.52.